The van der Waals surface area contributed by atoms with E-state index in [1.54, 1.807) is 0 Å². The smallest absolute Gasteiger partial charge is 0.234 e. The molecule has 1 saturated carbocycles. The second-order valence-corrected chi connectivity index (χ2v) is 6.33. The summed E-state index contributed by atoms with van der Waals surface area (Å²) in [6.45, 7) is 4.02. The van der Waals surface area contributed by atoms with Gasteiger partial charge in [0.25, 0.3) is 0 Å². The highest BCUT2D eigenvalue weighted by Crippen LogP contribution is 2.37. The lowest BCUT2D eigenvalue weighted by molar-refractivity contribution is -0.123. The van der Waals surface area contributed by atoms with Gasteiger partial charge in [-0.3, -0.25) is 9.69 Å². The normalized spacial score (nSPS) is 36.5. The topological polar surface area (TPSA) is 72.3 Å². The Balaban J connectivity index is 2.06. The molecule has 4 atom stereocenters. The van der Waals surface area contributed by atoms with Gasteiger partial charge in [-0.25, -0.2) is 0 Å². The summed E-state index contributed by atoms with van der Waals surface area (Å²) in [5.41, 5.74) is 11.5. The molecule has 2 fully saturated rings. The predicted octanol–water partition coefficient (Wildman–Crippen LogP) is 1.48. The molecule has 4 nitrogen and oxygen atoms in total. The Hall–Kier alpha value is -0.610. The average molecular weight is 267 g/mol. The number of nitrogens with two attached hydrogens (primary N) is 2. The average Bonchev–Trinajstić information content (AvgIpc) is 2.88. The van der Waals surface area contributed by atoms with Crippen LogP contribution >= 0.6 is 0 Å². The molecule has 2 aliphatic rings. The Morgan fingerprint density at radius 3 is 2.74 bits per heavy atom. The van der Waals surface area contributed by atoms with Crippen molar-refractivity contribution in [3.8, 4) is 0 Å². The third kappa shape index (κ3) is 3.29. The molecule has 0 radical (unpaired) electrons. The standard InChI is InChI=1S/C15H29N3O/c1-2-4-11-6-7-12(10-16)14(9-11)18-8-3-5-13(18)15(17)19/h11-14H,2-10,16H2,1H3,(H2,17,19). The van der Waals surface area contributed by atoms with Gasteiger partial charge in [0.2, 0.25) is 5.91 Å². The van der Waals surface area contributed by atoms with Crippen LogP contribution in [0, 0.1) is 11.8 Å². The van der Waals surface area contributed by atoms with Crippen molar-refractivity contribution in [3.05, 3.63) is 0 Å². The summed E-state index contributed by atoms with van der Waals surface area (Å²) >= 11 is 0. The fourth-order valence-electron chi connectivity index (χ4n) is 4.14. The molecule has 1 saturated heterocycles. The Bertz CT molecular complexity index is 308. The van der Waals surface area contributed by atoms with Crippen LogP contribution in [0.2, 0.25) is 0 Å². The van der Waals surface area contributed by atoms with Gasteiger partial charge in [0, 0.05) is 6.04 Å². The van der Waals surface area contributed by atoms with Crippen LogP contribution in [-0.4, -0.2) is 36.0 Å². The highest BCUT2D eigenvalue weighted by Gasteiger charge is 2.40. The van der Waals surface area contributed by atoms with Gasteiger partial charge < -0.3 is 11.5 Å². The first-order valence-corrected chi connectivity index (χ1v) is 7.92. The van der Waals surface area contributed by atoms with Gasteiger partial charge in [0.1, 0.15) is 0 Å². The number of rotatable bonds is 5. The van der Waals surface area contributed by atoms with Crippen molar-refractivity contribution in [3.63, 3.8) is 0 Å². The third-order valence-electron chi connectivity index (χ3n) is 5.11. The van der Waals surface area contributed by atoms with E-state index >= 15 is 0 Å². The zero-order chi connectivity index (χ0) is 13.8. The van der Waals surface area contributed by atoms with Gasteiger partial charge in [0.05, 0.1) is 6.04 Å². The number of nitrogens with zero attached hydrogens (tertiary/aromatic N) is 1. The Morgan fingerprint density at radius 2 is 2.11 bits per heavy atom. The molecule has 0 spiro atoms. The number of amides is 1. The summed E-state index contributed by atoms with van der Waals surface area (Å²) in [6, 6.07) is 0.440. The Morgan fingerprint density at radius 1 is 1.32 bits per heavy atom. The molecule has 4 N–H and O–H groups in total. The molecule has 0 aromatic rings. The Labute approximate surface area is 116 Å². The lowest BCUT2D eigenvalue weighted by Crippen LogP contribution is -2.52. The van der Waals surface area contributed by atoms with E-state index in [0.29, 0.717) is 12.0 Å². The van der Waals surface area contributed by atoms with Crippen molar-refractivity contribution < 1.29 is 4.79 Å². The molecule has 110 valence electrons. The number of carbonyl (C=O) groups is 1. The summed E-state index contributed by atoms with van der Waals surface area (Å²) < 4.78 is 0. The number of hydrogen-bond donors (Lipinski definition) is 2. The molecule has 0 aromatic heterocycles. The van der Waals surface area contributed by atoms with Gasteiger partial charge >= 0.3 is 0 Å². The summed E-state index contributed by atoms with van der Waals surface area (Å²) in [5, 5.41) is 0. The van der Waals surface area contributed by atoms with Crippen LogP contribution in [-0.2, 0) is 4.79 Å². The van der Waals surface area contributed by atoms with E-state index in [4.69, 9.17) is 11.5 Å². The number of primary amides is 1. The number of carbonyl (C=O) groups excluding carboxylic acids is 1. The molecule has 0 bridgehead atoms. The van der Waals surface area contributed by atoms with Crippen LogP contribution in [0.25, 0.3) is 0 Å². The van der Waals surface area contributed by atoms with Gasteiger partial charge in [0.15, 0.2) is 0 Å². The van der Waals surface area contributed by atoms with Crippen LogP contribution in [0.3, 0.4) is 0 Å². The van der Waals surface area contributed by atoms with Crippen molar-refractivity contribution in [1.29, 1.82) is 0 Å². The van der Waals surface area contributed by atoms with Crippen molar-refractivity contribution in [1.82, 2.24) is 4.90 Å². The van der Waals surface area contributed by atoms with Crippen molar-refractivity contribution in [2.24, 2.45) is 23.3 Å². The second kappa shape index (κ2) is 6.71. The lowest BCUT2D eigenvalue weighted by atomic mass is 9.75. The monoisotopic (exact) mass is 267 g/mol. The maximum atomic E-state index is 11.6. The predicted molar refractivity (Wildman–Crippen MR) is 77.5 cm³/mol. The molecule has 2 rings (SSSR count). The summed E-state index contributed by atoms with van der Waals surface area (Å²) in [4.78, 5) is 14.0. The number of hydrogen-bond acceptors (Lipinski definition) is 3. The van der Waals surface area contributed by atoms with Gasteiger partial charge in [-0.05, 0) is 50.6 Å². The molecular formula is C15H29N3O. The molecule has 1 heterocycles. The molecule has 0 aromatic carbocycles. The molecule has 1 aliphatic carbocycles. The van der Waals surface area contributed by atoms with E-state index in [2.05, 4.69) is 11.8 Å². The largest absolute Gasteiger partial charge is 0.368 e. The van der Waals surface area contributed by atoms with Crippen molar-refractivity contribution >= 4 is 5.91 Å². The third-order valence-corrected chi connectivity index (χ3v) is 5.11. The minimum atomic E-state index is -0.147. The van der Waals surface area contributed by atoms with Crippen molar-refractivity contribution in [2.45, 2.75) is 64.0 Å². The second-order valence-electron chi connectivity index (χ2n) is 6.33. The van der Waals surface area contributed by atoms with Crippen LogP contribution in [0.4, 0.5) is 0 Å². The molecule has 4 unspecified atom stereocenters. The first-order chi connectivity index (χ1) is 9.17. The molecule has 4 heteroatoms. The quantitative estimate of drug-likeness (QED) is 0.792. The maximum Gasteiger partial charge on any atom is 0.234 e. The molecule has 19 heavy (non-hydrogen) atoms. The van der Waals surface area contributed by atoms with Crippen LogP contribution in [0.5, 0.6) is 0 Å². The molecule has 1 amide bonds. The molecule has 1 aliphatic heterocycles. The summed E-state index contributed by atoms with van der Waals surface area (Å²) in [7, 11) is 0. The van der Waals surface area contributed by atoms with E-state index in [1.807, 2.05) is 0 Å². The highest BCUT2D eigenvalue weighted by molar-refractivity contribution is 5.80. The zero-order valence-electron chi connectivity index (χ0n) is 12.2. The van der Waals surface area contributed by atoms with Crippen LogP contribution in [0.15, 0.2) is 0 Å². The molecular weight excluding hydrogens is 238 g/mol. The van der Waals surface area contributed by atoms with Gasteiger partial charge in [-0.2, -0.15) is 0 Å². The van der Waals surface area contributed by atoms with E-state index in [-0.39, 0.29) is 11.9 Å². The van der Waals surface area contributed by atoms with Crippen molar-refractivity contribution in [2.75, 3.05) is 13.1 Å². The lowest BCUT2D eigenvalue weighted by Gasteiger charge is -2.42. The Kier molecular flexibility index (Phi) is 5.22. The van der Waals surface area contributed by atoms with Crippen LogP contribution in [0.1, 0.15) is 51.9 Å². The zero-order valence-corrected chi connectivity index (χ0v) is 12.2. The van der Waals surface area contributed by atoms with Gasteiger partial charge in [-0.15, -0.1) is 0 Å². The SMILES string of the molecule is CCCC1CCC(CN)C(N2CCCC2C(N)=O)C1. The first-order valence-electron chi connectivity index (χ1n) is 7.92. The van der Waals surface area contributed by atoms with Gasteiger partial charge in [-0.1, -0.05) is 26.2 Å². The van der Waals surface area contributed by atoms with E-state index in [1.165, 1.54) is 32.1 Å². The first kappa shape index (κ1) is 14.8. The van der Waals surface area contributed by atoms with E-state index in [0.717, 1.165) is 31.8 Å². The summed E-state index contributed by atoms with van der Waals surface area (Å²) in [6.07, 6.45) is 8.32. The summed E-state index contributed by atoms with van der Waals surface area (Å²) in [5.74, 6) is 1.21. The fraction of sp³-hybridized carbons (Fsp3) is 0.933. The maximum absolute atomic E-state index is 11.6. The van der Waals surface area contributed by atoms with E-state index < -0.39 is 0 Å². The minimum Gasteiger partial charge on any atom is -0.368 e. The fourth-order valence-corrected chi connectivity index (χ4v) is 4.14. The highest BCUT2D eigenvalue weighted by atomic mass is 16.1. The van der Waals surface area contributed by atoms with E-state index in [9.17, 15) is 4.79 Å². The van der Waals surface area contributed by atoms with Crippen LogP contribution < -0.4 is 11.5 Å². The number of likely N-dealkylation sites (tertiary alicyclic amines) is 1. The minimum absolute atomic E-state index is 0.0422.